The van der Waals surface area contributed by atoms with Crippen molar-refractivity contribution in [3.8, 4) is 5.75 Å². The lowest BCUT2D eigenvalue weighted by atomic mass is 9.73. The molecule has 0 aliphatic carbocycles. The number of carbonyl (C=O) groups is 6. The molecule has 0 radical (unpaired) electrons. The zero-order valence-electron chi connectivity index (χ0n) is 33.0. The van der Waals surface area contributed by atoms with Crippen LogP contribution in [-0.4, -0.2) is 79.6 Å². The van der Waals surface area contributed by atoms with E-state index in [2.05, 4.69) is 27.8 Å². The van der Waals surface area contributed by atoms with Gasteiger partial charge in [-0.15, -0.1) is 0 Å². The van der Waals surface area contributed by atoms with Crippen LogP contribution in [0.5, 0.6) is 5.75 Å². The molecule has 1 aromatic rings. The van der Waals surface area contributed by atoms with E-state index in [9.17, 15) is 37.5 Å². The first-order valence-electron chi connectivity index (χ1n) is 17.5. The summed E-state index contributed by atoms with van der Waals surface area (Å²) in [7, 11) is 2.33. The Morgan fingerprint density at radius 3 is 1.66 bits per heavy atom. The van der Waals surface area contributed by atoms with Crippen molar-refractivity contribution < 1.29 is 51.8 Å². The van der Waals surface area contributed by atoms with E-state index in [1.54, 1.807) is 48.5 Å². The first kappa shape index (κ1) is 46.5. The maximum atomic E-state index is 14.4. The zero-order chi connectivity index (χ0) is 41.0. The van der Waals surface area contributed by atoms with Gasteiger partial charge in [0.05, 0.1) is 33.1 Å². The number of nitrogens with one attached hydrogen (secondary N) is 4. The number of hydrogen-bond donors (Lipinski definition) is 4. The van der Waals surface area contributed by atoms with Crippen molar-refractivity contribution in [3.05, 3.63) is 42.0 Å². The first-order valence-corrected chi connectivity index (χ1v) is 17.5. The van der Waals surface area contributed by atoms with Crippen molar-refractivity contribution in [3.63, 3.8) is 0 Å². The van der Waals surface area contributed by atoms with Crippen LogP contribution in [-0.2, 0) is 38.2 Å². The van der Waals surface area contributed by atoms with Crippen LogP contribution in [0.4, 0.5) is 8.78 Å². The van der Waals surface area contributed by atoms with E-state index >= 15 is 0 Å². The van der Waals surface area contributed by atoms with Gasteiger partial charge in [0.2, 0.25) is 23.6 Å². The number of rotatable bonds is 20. The predicted molar refractivity (Wildman–Crippen MR) is 194 cm³/mol. The summed E-state index contributed by atoms with van der Waals surface area (Å²) in [4.78, 5) is 77.6. The lowest BCUT2D eigenvalue weighted by Crippen LogP contribution is -2.59. The van der Waals surface area contributed by atoms with Crippen LogP contribution in [0.2, 0.25) is 0 Å². The van der Waals surface area contributed by atoms with Gasteiger partial charge in [0, 0.05) is 5.92 Å². The molecule has 1 rings (SSSR count). The van der Waals surface area contributed by atoms with Gasteiger partial charge in [-0.05, 0) is 62.1 Å². The summed E-state index contributed by atoms with van der Waals surface area (Å²) >= 11 is 0. The van der Waals surface area contributed by atoms with E-state index in [1.807, 2.05) is 13.8 Å². The maximum Gasteiger partial charge on any atom is 0.308 e. The Hall–Kier alpha value is -4.56. The highest BCUT2D eigenvalue weighted by Gasteiger charge is 2.38. The van der Waals surface area contributed by atoms with Crippen molar-refractivity contribution in [1.82, 2.24) is 21.3 Å². The van der Waals surface area contributed by atoms with Crippen LogP contribution in [0, 0.1) is 34.8 Å². The maximum absolute atomic E-state index is 14.4. The fourth-order valence-corrected chi connectivity index (χ4v) is 5.57. The van der Waals surface area contributed by atoms with Gasteiger partial charge in [0.1, 0.15) is 23.7 Å². The molecule has 0 aliphatic rings. The SMILES string of the molecule is C=C([C@H](CC(=O)OC)NC(=O)C(C)NC(=O)[C@@H](NC(=O)C(CC(=O)OC)NC(=O)[C@@H](C)C(C)C)C(C)C)C(C)(C)CC(C)(C)Oc1c(F)cccc1F. The number of esters is 2. The molecule has 1 aromatic carbocycles. The van der Waals surface area contributed by atoms with Crippen molar-refractivity contribution in [2.45, 2.75) is 118 Å². The third-order valence-electron chi connectivity index (χ3n) is 9.01. The standard InChI is InChI=1S/C38H58F2N4O9/c1-20(2)22(5)33(47)43-28(18-30(46)52-13)35(49)44-31(21(3)4)36(50)41-24(7)34(48)42-27(17-29(45)51-12)23(6)37(8,9)19-38(10,11)53-32-25(39)15-14-16-26(32)40/h14-16,20-22,24,27-28,31H,6,17-19H2,1-5,7-13H3,(H,41,50)(H,42,48)(H,43,47)(H,44,49)/t22-,24?,27-,28?,31-/m0/s1. The number of methoxy groups -OCH3 is 2. The van der Waals surface area contributed by atoms with Crippen molar-refractivity contribution in [2.24, 2.45) is 23.2 Å². The zero-order valence-corrected chi connectivity index (χ0v) is 33.0. The summed E-state index contributed by atoms with van der Waals surface area (Å²) in [6, 6.07) is -1.32. The summed E-state index contributed by atoms with van der Waals surface area (Å²) in [5.74, 6) is -7.38. The highest BCUT2D eigenvalue weighted by Crippen LogP contribution is 2.39. The summed E-state index contributed by atoms with van der Waals surface area (Å²) in [5, 5.41) is 10.5. The van der Waals surface area contributed by atoms with Gasteiger partial charge in [-0.25, -0.2) is 8.78 Å². The molecule has 0 aliphatic heterocycles. The van der Waals surface area contributed by atoms with Crippen molar-refractivity contribution in [2.75, 3.05) is 14.2 Å². The quantitative estimate of drug-likeness (QED) is 0.113. The number of halogens is 2. The molecule has 2 unspecified atom stereocenters. The van der Waals surface area contributed by atoms with Crippen molar-refractivity contribution in [1.29, 1.82) is 0 Å². The fourth-order valence-electron chi connectivity index (χ4n) is 5.57. The Bertz CT molecular complexity index is 1480. The fraction of sp³-hybridized carbons (Fsp3) is 0.632. The number of benzene rings is 1. The molecule has 0 bridgehead atoms. The minimum absolute atomic E-state index is 0.0495. The van der Waals surface area contributed by atoms with Gasteiger partial charge >= 0.3 is 11.9 Å². The average molecular weight is 753 g/mol. The Balaban J connectivity index is 3.17. The van der Waals surface area contributed by atoms with Gasteiger partial charge in [-0.1, -0.05) is 61.1 Å². The molecule has 5 atom stereocenters. The molecule has 15 heteroatoms. The minimum atomic E-state index is -1.33. The minimum Gasteiger partial charge on any atom is -0.482 e. The van der Waals surface area contributed by atoms with E-state index in [1.165, 1.54) is 20.1 Å². The molecular weight excluding hydrogens is 694 g/mol. The van der Waals surface area contributed by atoms with Crippen LogP contribution in [0.15, 0.2) is 30.4 Å². The average Bonchev–Trinajstić information content (AvgIpc) is 3.06. The summed E-state index contributed by atoms with van der Waals surface area (Å²) in [6.45, 7) is 21.1. The molecule has 53 heavy (non-hydrogen) atoms. The van der Waals surface area contributed by atoms with E-state index < -0.39 is 106 Å². The number of hydrogen-bond acceptors (Lipinski definition) is 9. The van der Waals surface area contributed by atoms with Crippen LogP contribution < -0.4 is 26.0 Å². The number of para-hydroxylation sites is 1. The summed E-state index contributed by atoms with van der Waals surface area (Å²) < 4.78 is 44.0. The predicted octanol–water partition coefficient (Wildman–Crippen LogP) is 4.13. The van der Waals surface area contributed by atoms with Gasteiger partial charge < -0.3 is 35.5 Å². The van der Waals surface area contributed by atoms with Gasteiger partial charge in [0.25, 0.3) is 0 Å². The molecule has 4 N–H and O–H groups in total. The molecule has 0 heterocycles. The molecule has 0 saturated carbocycles. The highest BCUT2D eigenvalue weighted by atomic mass is 19.1. The summed E-state index contributed by atoms with van der Waals surface area (Å²) in [6.07, 6.45) is -0.646. The lowest BCUT2D eigenvalue weighted by Gasteiger charge is -2.39. The van der Waals surface area contributed by atoms with E-state index in [4.69, 9.17) is 14.2 Å². The van der Waals surface area contributed by atoms with Crippen molar-refractivity contribution >= 4 is 35.6 Å². The molecule has 0 spiro atoms. The normalized spacial score (nSPS) is 14.6. The topological polar surface area (TPSA) is 178 Å². The third kappa shape index (κ3) is 14.4. The smallest absolute Gasteiger partial charge is 0.308 e. The molecule has 0 aromatic heterocycles. The third-order valence-corrected chi connectivity index (χ3v) is 9.01. The number of ether oxygens (including phenoxy) is 3. The van der Waals surface area contributed by atoms with Crippen LogP contribution >= 0.6 is 0 Å². The molecule has 0 saturated heterocycles. The molecule has 4 amide bonds. The second kappa shape index (κ2) is 20.0. The Morgan fingerprint density at radius 2 is 1.19 bits per heavy atom. The second-order valence-corrected chi connectivity index (χ2v) is 15.2. The van der Waals surface area contributed by atoms with Gasteiger partial charge in [-0.3, -0.25) is 28.8 Å². The first-order chi connectivity index (χ1) is 24.4. The van der Waals surface area contributed by atoms with E-state index in [0.29, 0.717) is 5.57 Å². The Kier molecular flexibility index (Phi) is 17.6. The monoisotopic (exact) mass is 752 g/mol. The summed E-state index contributed by atoms with van der Waals surface area (Å²) in [5.41, 5.74) is -1.66. The largest absolute Gasteiger partial charge is 0.482 e. The van der Waals surface area contributed by atoms with E-state index in [-0.39, 0.29) is 18.8 Å². The highest BCUT2D eigenvalue weighted by molar-refractivity contribution is 5.96. The van der Waals surface area contributed by atoms with Crippen LogP contribution in [0.25, 0.3) is 0 Å². The lowest BCUT2D eigenvalue weighted by molar-refractivity contribution is -0.144. The number of amides is 4. The van der Waals surface area contributed by atoms with E-state index in [0.717, 1.165) is 19.2 Å². The molecule has 0 fully saturated rings. The Morgan fingerprint density at radius 1 is 0.698 bits per heavy atom. The van der Waals surface area contributed by atoms with Crippen LogP contribution in [0.3, 0.4) is 0 Å². The second-order valence-electron chi connectivity index (χ2n) is 15.2. The molecular formula is C38H58F2N4O9. The number of carbonyl (C=O) groups excluding carboxylic acids is 6. The van der Waals surface area contributed by atoms with Gasteiger partial charge in [-0.2, -0.15) is 0 Å². The van der Waals surface area contributed by atoms with Crippen LogP contribution in [0.1, 0.15) is 88.5 Å². The van der Waals surface area contributed by atoms with Gasteiger partial charge in [0.15, 0.2) is 17.4 Å². The molecule has 13 nitrogen and oxygen atoms in total. The molecule has 298 valence electrons. The Labute approximate surface area is 311 Å².